The SMILES string of the molecule is CCc1noc(C)c1-c1c(C(O)CCN(C)C)c2ccccc2n1C. The average Bonchev–Trinajstić information content (AvgIpc) is 3.10. The van der Waals surface area contributed by atoms with Crippen LogP contribution in [0.15, 0.2) is 28.8 Å². The van der Waals surface area contributed by atoms with Gasteiger partial charge in [-0.1, -0.05) is 30.3 Å². The summed E-state index contributed by atoms with van der Waals surface area (Å²) in [4.78, 5) is 2.09. The van der Waals surface area contributed by atoms with Gasteiger partial charge in [0.2, 0.25) is 0 Å². The summed E-state index contributed by atoms with van der Waals surface area (Å²) >= 11 is 0. The van der Waals surface area contributed by atoms with Crippen LogP contribution in [-0.2, 0) is 13.5 Å². The molecule has 3 aromatic rings. The molecule has 1 unspecified atom stereocenters. The number of hydrogen-bond donors (Lipinski definition) is 1. The fraction of sp³-hybridized carbons (Fsp3) is 0.450. The van der Waals surface area contributed by atoms with Gasteiger partial charge in [0, 0.05) is 30.1 Å². The topological polar surface area (TPSA) is 54.4 Å². The van der Waals surface area contributed by atoms with Crippen molar-refractivity contribution in [2.75, 3.05) is 20.6 Å². The van der Waals surface area contributed by atoms with E-state index in [4.69, 9.17) is 4.52 Å². The van der Waals surface area contributed by atoms with Gasteiger partial charge >= 0.3 is 0 Å². The van der Waals surface area contributed by atoms with Gasteiger partial charge in [0.15, 0.2) is 0 Å². The zero-order valence-corrected chi connectivity index (χ0v) is 15.7. The molecule has 0 amide bonds. The van der Waals surface area contributed by atoms with Gasteiger partial charge in [0.05, 0.1) is 23.1 Å². The summed E-state index contributed by atoms with van der Waals surface area (Å²) in [5.41, 5.74) is 5.05. The molecule has 1 atom stereocenters. The molecular weight excluding hydrogens is 314 g/mol. The molecule has 0 spiro atoms. The Morgan fingerprint density at radius 3 is 2.68 bits per heavy atom. The smallest absolute Gasteiger partial charge is 0.143 e. The summed E-state index contributed by atoms with van der Waals surface area (Å²) in [6.45, 7) is 4.84. The van der Waals surface area contributed by atoms with Crippen LogP contribution in [0.4, 0.5) is 0 Å². The second-order valence-electron chi connectivity index (χ2n) is 6.86. The molecule has 1 aromatic carbocycles. The van der Waals surface area contributed by atoms with E-state index in [1.54, 1.807) is 0 Å². The quantitative estimate of drug-likeness (QED) is 0.743. The lowest BCUT2D eigenvalue weighted by Gasteiger charge is -2.17. The van der Waals surface area contributed by atoms with Crippen molar-refractivity contribution >= 4 is 10.9 Å². The van der Waals surface area contributed by atoms with Crippen LogP contribution in [0.2, 0.25) is 0 Å². The third-order valence-corrected chi connectivity index (χ3v) is 4.83. The lowest BCUT2D eigenvalue weighted by atomic mass is 9.97. The standard InChI is InChI=1S/C20H27N3O2/c1-6-15-18(13(2)25-21-15)20-19(17(24)11-12-22(3)4)14-9-7-8-10-16(14)23(20)5/h7-10,17,24H,6,11-12H2,1-5H3. The van der Waals surface area contributed by atoms with Crippen molar-refractivity contribution in [2.45, 2.75) is 32.8 Å². The van der Waals surface area contributed by atoms with Crippen molar-refractivity contribution in [2.24, 2.45) is 7.05 Å². The minimum atomic E-state index is -0.539. The Hall–Kier alpha value is -2.11. The van der Waals surface area contributed by atoms with Gasteiger partial charge in [-0.05, 0) is 39.9 Å². The second kappa shape index (κ2) is 7.02. The van der Waals surface area contributed by atoms with Gasteiger partial charge in [-0.25, -0.2) is 0 Å². The molecule has 0 aliphatic rings. The van der Waals surface area contributed by atoms with Gasteiger partial charge in [-0.2, -0.15) is 0 Å². The molecule has 0 saturated heterocycles. The lowest BCUT2D eigenvalue weighted by molar-refractivity contribution is 0.156. The molecule has 5 nitrogen and oxygen atoms in total. The summed E-state index contributed by atoms with van der Waals surface area (Å²) in [5.74, 6) is 0.795. The summed E-state index contributed by atoms with van der Waals surface area (Å²) in [6.07, 6.45) is 0.934. The van der Waals surface area contributed by atoms with Crippen molar-refractivity contribution in [1.29, 1.82) is 0 Å². The highest BCUT2D eigenvalue weighted by atomic mass is 16.5. The number of aliphatic hydroxyl groups is 1. The Balaban J connectivity index is 2.25. The number of aliphatic hydroxyl groups excluding tert-OH is 1. The van der Waals surface area contributed by atoms with Crippen LogP contribution in [0.25, 0.3) is 22.2 Å². The van der Waals surface area contributed by atoms with Gasteiger partial charge in [-0.3, -0.25) is 0 Å². The number of aryl methyl sites for hydroxylation is 3. The molecule has 5 heteroatoms. The molecule has 25 heavy (non-hydrogen) atoms. The average molecular weight is 341 g/mol. The molecule has 0 saturated carbocycles. The van der Waals surface area contributed by atoms with Crippen molar-refractivity contribution in [3.8, 4) is 11.3 Å². The maximum Gasteiger partial charge on any atom is 0.143 e. The molecule has 2 heterocycles. The summed E-state index contributed by atoms with van der Waals surface area (Å²) in [5, 5.41) is 16.3. The maximum atomic E-state index is 11.0. The number of nitrogens with zero attached hydrogens (tertiary/aromatic N) is 3. The van der Waals surface area contributed by atoms with Crippen molar-refractivity contribution in [3.63, 3.8) is 0 Å². The van der Waals surface area contributed by atoms with Crippen LogP contribution in [0.1, 0.15) is 36.5 Å². The fourth-order valence-electron chi connectivity index (χ4n) is 3.55. The van der Waals surface area contributed by atoms with Gasteiger partial charge < -0.3 is 19.1 Å². The largest absolute Gasteiger partial charge is 0.388 e. The monoisotopic (exact) mass is 341 g/mol. The van der Waals surface area contributed by atoms with Crippen molar-refractivity contribution < 1.29 is 9.63 Å². The summed E-state index contributed by atoms with van der Waals surface area (Å²) < 4.78 is 7.63. The number of benzene rings is 1. The van der Waals surface area contributed by atoms with Crippen LogP contribution in [0.5, 0.6) is 0 Å². The highest BCUT2D eigenvalue weighted by Crippen LogP contribution is 2.40. The normalized spacial score (nSPS) is 13.1. The van der Waals surface area contributed by atoms with E-state index in [9.17, 15) is 5.11 Å². The van der Waals surface area contributed by atoms with Crippen LogP contribution in [0, 0.1) is 6.92 Å². The Kier molecular flexibility index (Phi) is 4.97. The third-order valence-electron chi connectivity index (χ3n) is 4.83. The van der Waals surface area contributed by atoms with Crippen LogP contribution in [-0.4, -0.2) is 40.4 Å². The highest BCUT2D eigenvalue weighted by Gasteiger charge is 2.26. The fourth-order valence-corrected chi connectivity index (χ4v) is 3.55. The van der Waals surface area contributed by atoms with E-state index >= 15 is 0 Å². The molecular formula is C20H27N3O2. The van der Waals surface area contributed by atoms with Gasteiger partial charge in [0.1, 0.15) is 5.76 Å². The molecule has 0 aliphatic carbocycles. The molecule has 134 valence electrons. The Morgan fingerprint density at radius 1 is 1.28 bits per heavy atom. The third kappa shape index (κ3) is 3.10. The highest BCUT2D eigenvalue weighted by molar-refractivity contribution is 5.93. The molecule has 0 bridgehead atoms. The van der Waals surface area contributed by atoms with Crippen LogP contribution < -0.4 is 0 Å². The zero-order valence-electron chi connectivity index (χ0n) is 15.7. The predicted molar refractivity (Wildman–Crippen MR) is 101 cm³/mol. The number of para-hydroxylation sites is 1. The number of rotatable bonds is 6. The summed E-state index contributed by atoms with van der Waals surface area (Å²) in [6, 6.07) is 8.23. The first-order valence-corrected chi connectivity index (χ1v) is 8.81. The molecule has 3 rings (SSSR count). The minimum Gasteiger partial charge on any atom is -0.388 e. The molecule has 1 N–H and O–H groups in total. The van der Waals surface area contributed by atoms with E-state index in [0.29, 0.717) is 6.42 Å². The van der Waals surface area contributed by atoms with E-state index in [1.165, 1.54) is 0 Å². The second-order valence-corrected chi connectivity index (χ2v) is 6.86. The first-order valence-electron chi connectivity index (χ1n) is 8.81. The van der Waals surface area contributed by atoms with Crippen LogP contribution >= 0.6 is 0 Å². The maximum absolute atomic E-state index is 11.0. The molecule has 0 aliphatic heterocycles. The minimum absolute atomic E-state index is 0.539. The predicted octanol–water partition coefficient (Wildman–Crippen LogP) is 3.69. The van der Waals surface area contributed by atoms with Crippen LogP contribution in [0.3, 0.4) is 0 Å². The van der Waals surface area contributed by atoms with E-state index in [2.05, 4.69) is 33.7 Å². The van der Waals surface area contributed by atoms with E-state index in [1.807, 2.05) is 40.2 Å². The molecule has 0 fully saturated rings. The zero-order chi connectivity index (χ0) is 18.1. The van der Waals surface area contributed by atoms with Gasteiger partial charge in [0.25, 0.3) is 0 Å². The number of hydrogen-bond acceptors (Lipinski definition) is 4. The van der Waals surface area contributed by atoms with Crippen molar-refractivity contribution in [1.82, 2.24) is 14.6 Å². The molecule has 0 radical (unpaired) electrons. The first-order chi connectivity index (χ1) is 12.0. The Bertz CT molecular complexity index is 877. The Morgan fingerprint density at radius 2 is 2.00 bits per heavy atom. The summed E-state index contributed by atoms with van der Waals surface area (Å²) in [7, 11) is 6.10. The number of aromatic nitrogens is 2. The van der Waals surface area contributed by atoms with E-state index in [-0.39, 0.29) is 0 Å². The molecule has 2 aromatic heterocycles. The van der Waals surface area contributed by atoms with E-state index in [0.717, 1.165) is 52.1 Å². The Labute approximate surface area is 148 Å². The first kappa shape index (κ1) is 17.7. The number of fused-ring (bicyclic) bond motifs is 1. The van der Waals surface area contributed by atoms with E-state index < -0.39 is 6.10 Å². The van der Waals surface area contributed by atoms with Gasteiger partial charge in [-0.15, -0.1) is 0 Å². The van der Waals surface area contributed by atoms with Crippen molar-refractivity contribution in [3.05, 3.63) is 41.3 Å². The lowest BCUT2D eigenvalue weighted by Crippen LogP contribution is -2.16.